The molecule has 1 aliphatic carbocycles. The molecule has 0 saturated heterocycles. The number of urea groups is 1. The number of aryl methyl sites for hydroxylation is 1. The highest BCUT2D eigenvalue weighted by Crippen LogP contribution is 2.36. The van der Waals surface area contributed by atoms with Gasteiger partial charge < -0.3 is 30.1 Å². The molecule has 0 radical (unpaired) electrons. The van der Waals surface area contributed by atoms with Crippen LogP contribution in [-0.4, -0.2) is 77.6 Å². The maximum atomic E-state index is 13.3. The molecule has 1 fully saturated rings. The van der Waals surface area contributed by atoms with Gasteiger partial charge in [-0.15, -0.1) is 0 Å². The van der Waals surface area contributed by atoms with Crippen molar-refractivity contribution in [2.24, 2.45) is 0 Å². The molecule has 4 amide bonds. The third-order valence-electron chi connectivity index (χ3n) is 9.13. The first-order chi connectivity index (χ1) is 27.2. The zero-order valence-corrected chi connectivity index (χ0v) is 35.1. The first kappa shape index (κ1) is 43.4. The minimum absolute atomic E-state index is 0.00726. The van der Waals surface area contributed by atoms with Crippen molar-refractivity contribution in [3.63, 3.8) is 0 Å². The lowest BCUT2D eigenvalue weighted by Gasteiger charge is -2.28. The molecule has 310 valence electrons. The fourth-order valence-electron chi connectivity index (χ4n) is 6.25. The summed E-state index contributed by atoms with van der Waals surface area (Å²) in [6, 6.07) is 17.2. The van der Waals surface area contributed by atoms with E-state index in [0.717, 1.165) is 16.9 Å². The quantitative estimate of drug-likeness (QED) is 0.117. The smallest absolute Gasteiger partial charge is 0.425 e. The van der Waals surface area contributed by atoms with E-state index in [4.69, 9.17) is 9.47 Å². The number of anilines is 3. The summed E-state index contributed by atoms with van der Waals surface area (Å²) in [7, 11) is -1.72. The van der Waals surface area contributed by atoms with Crippen molar-refractivity contribution >= 4 is 62.0 Å². The molecule has 0 spiro atoms. The number of aromatic nitrogens is 1. The molecule has 4 aromatic rings. The number of ether oxygens (including phenoxy) is 2. The van der Waals surface area contributed by atoms with Gasteiger partial charge in [-0.1, -0.05) is 37.6 Å². The minimum atomic E-state index is -3.38. The number of imide groups is 1. The Labute approximate surface area is 339 Å². The molecule has 1 atom stereocenters. The Morgan fingerprint density at radius 3 is 2.14 bits per heavy atom. The molecular weight excluding hydrogens is 763 g/mol. The SMILES string of the molecule is CCCc1cc(NC(=O)N(C)CCc2cccc(C(Nc3ccc4c(N(C(=O)OC(C)(C)C)C(=O)OC(C)(C)C)nccc4c3)C(=O)O)c2)ccc1S(=O)(=O)C1CC1. The number of amides is 4. The predicted octanol–water partition coefficient (Wildman–Crippen LogP) is 8.74. The summed E-state index contributed by atoms with van der Waals surface area (Å²) < 4.78 is 37.0. The highest BCUT2D eigenvalue weighted by atomic mass is 32.2. The van der Waals surface area contributed by atoms with Crippen molar-refractivity contribution in [1.29, 1.82) is 0 Å². The fourth-order valence-corrected chi connectivity index (χ4v) is 8.15. The summed E-state index contributed by atoms with van der Waals surface area (Å²) in [6.45, 7) is 12.4. The maximum Gasteiger partial charge on any atom is 0.425 e. The van der Waals surface area contributed by atoms with Crippen LogP contribution in [-0.2, 0) is 36.9 Å². The first-order valence-corrected chi connectivity index (χ1v) is 20.8. The number of likely N-dealkylation sites (N-methyl/N-ethyl adjacent to an activating group) is 1. The maximum absolute atomic E-state index is 13.3. The van der Waals surface area contributed by atoms with Crippen molar-refractivity contribution in [1.82, 2.24) is 9.88 Å². The molecule has 0 bridgehead atoms. The van der Waals surface area contributed by atoms with E-state index in [-0.39, 0.29) is 17.1 Å². The number of nitrogens with zero attached hydrogens (tertiary/aromatic N) is 3. The number of aliphatic carboxylic acids is 1. The molecule has 0 aliphatic heterocycles. The second kappa shape index (κ2) is 17.4. The average Bonchev–Trinajstić information content (AvgIpc) is 3.98. The Bertz CT molecular complexity index is 2270. The Balaban J connectivity index is 1.29. The molecule has 1 heterocycles. The van der Waals surface area contributed by atoms with E-state index >= 15 is 0 Å². The molecule has 1 aromatic heterocycles. The van der Waals surface area contributed by atoms with Crippen molar-refractivity contribution < 1.29 is 42.2 Å². The van der Waals surface area contributed by atoms with Crippen molar-refractivity contribution in [3.05, 3.63) is 89.6 Å². The largest absolute Gasteiger partial charge is 0.479 e. The molecule has 3 N–H and O–H groups in total. The molecule has 1 unspecified atom stereocenters. The Morgan fingerprint density at radius 1 is 0.879 bits per heavy atom. The van der Waals surface area contributed by atoms with E-state index in [9.17, 15) is 32.7 Å². The molecule has 1 saturated carbocycles. The lowest BCUT2D eigenvalue weighted by Crippen LogP contribution is -2.44. The Kier molecular flexibility index (Phi) is 13.0. The number of sulfone groups is 1. The predicted molar refractivity (Wildman–Crippen MR) is 223 cm³/mol. The molecule has 15 heteroatoms. The van der Waals surface area contributed by atoms with E-state index in [1.165, 1.54) is 11.1 Å². The van der Waals surface area contributed by atoms with Gasteiger partial charge in [0.15, 0.2) is 21.7 Å². The summed E-state index contributed by atoms with van der Waals surface area (Å²) in [5.74, 6) is -1.13. The van der Waals surface area contributed by atoms with Crippen LogP contribution in [0, 0.1) is 0 Å². The van der Waals surface area contributed by atoms with E-state index in [2.05, 4.69) is 15.6 Å². The normalized spacial score (nSPS) is 13.7. The van der Waals surface area contributed by atoms with Crippen LogP contribution in [0.15, 0.2) is 77.8 Å². The lowest BCUT2D eigenvalue weighted by atomic mass is 10.0. The second-order valence-corrected chi connectivity index (χ2v) is 18.6. The number of rotatable bonds is 13. The summed E-state index contributed by atoms with van der Waals surface area (Å²) in [5, 5.41) is 16.9. The van der Waals surface area contributed by atoms with Gasteiger partial charge in [0, 0.05) is 36.6 Å². The monoisotopic (exact) mass is 815 g/mol. The van der Waals surface area contributed by atoms with Gasteiger partial charge in [0.25, 0.3) is 0 Å². The summed E-state index contributed by atoms with van der Waals surface area (Å²) in [4.78, 5) is 59.4. The molecule has 3 aromatic carbocycles. The van der Waals surface area contributed by atoms with Gasteiger partial charge in [-0.25, -0.2) is 32.6 Å². The van der Waals surface area contributed by atoms with E-state index in [0.29, 0.717) is 70.4 Å². The van der Waals surface area contributed by atoms with Gasteiger partial charge in [-0.05, 0) is 132 Å². The van der Waals surface area contributed by atoms with Crippen molar-refractivity contribution in [2.45, 2.75) is 108 Å². The van der Waals surface area contributed by atoms with Crippen LogP contribution in [0.3, 0.4) is 0 Å². The molecule has 1 aliphatic rings. The Morgan fingerprint density at radius 2 is 1.53 bits per heavy atom. The van der Waals surface area contributed by atoms with Crippen LogP contribution in [0.5, 0.6) is 0 Å². The standard InChI is InChI=1S/C43H53N5O9S/c1-9-11-29-26-32(15-19-35(29)58(54,55)33-16-17-33)46-39(51)47(8)23-21-27-12-10-13-30(24-27)36(38(49)50)45-31-14-18-34-28(25-31)20-22-44-37(34)48(40(52)56-42(2,3)4)41(53)57-43(5,6)7/h10,12-15,18-20,22,24-26,33,36,45H,9,11,16-17,21,23H2,1-8H3,(H,46,51)(H,49,50). The highest BCUT2D eigenvalue weighted by molar-refractivity contribution is 7.92. The van der Waals surface area contributed by atoms with Gasteiger partial charge in [0.1, 0.15) is 11.2 Å². The average molecular weight is 816 g/mol. The number of hydrogen-bond donors (Lipinski definition) is 3. The molecule has 5 rings (SSSR count). The van der Waals surface area contributed by atoms with Gasteiger partial charge >= 0.3 is 24.2 Å². The lowest BCUT2D eigenvalue weighted by molar-refractivity contribution is -0.138. The topological polar surface area (TPSA) is 185 Å². The van der Waals surface area contributed by atoms with Crippen LogP contribution >= 0.6 is 0 Å². The van der Waals surface area contributed by atoms with Crippen LogP contribution in [0.2, 0.25) is 0 Å². The number of pyridine rings is 1. The summed E-state index contributed by atoms with van der Waals surface area (Å²) in [5.41, 5.74) is 1.13. The third kappa shape index (κ3) is 11.0. The molecular formula is C43H53N5O9S. The number of carbonyl (C=O) groups is 4. The number of carboxylic acids is 1. The zero-order chi connectivity index (χ0) is 42.6. The summed E-state index contributed by atoms with van der Waals surface area (Å²) in [6.07, 6.45) is 2.63. The number of benzene rings is 3. The van der Waals surface area contributed by atoms with E-state index < -0.39 is 45.2 Å². The number of carbonyl (C=O) groups excluding carboxylic acids is 3. The highest BCUT2D eigenvalue weighted by Gasteiger charge is 2.38. The van der Waals surface area contributed by atoms with E-state index in [1.807, 2.05) is 13.0 Å². The zero-order valence-electron chi connectivity index (χ0n) is 34.3. The van der Waals surface area contributed by atoms with Crippen molar-refractivity contribution in [2.75, 3.05) is 29.1 Å². The number of carboxylic acid groups (broad SMARTS) is 1. The second-order valence-electron chi connectivity index (χ2n) is 16.4. The van der Waals surface area contributed by atoms with Crippen LogP contribution in [0.4, 0.5) is 31.6 Å². The molecule has 14 nitrogen and oxygen atoms in total. The van der Waals surface area contributed by atoms with Gasteiger partial charge in [-0.2, -0.15) is 4.90 Å². The summed E-state index contributed by atoms with van der Waals surface area (Å²) >= 11 is 0. The van der Waals surface area contributed by atoms with Crippen LogP contribution in [0.25, 0.3) is 10.8 Å². The minimum Gasteiger partial charge on any atom is -0.479 e. The van der Waals surface area contributed by atoms with Gasteiger partial charge in [0.2, 0.25) is 0 Å². The fraction of sp³-hybridized carbons (Fsp3) is 0.419. The number of hydrogen-bond acceptors (Lipinski definition) is 10. The van der Waals surface area contributed by atoms with Gasteiger partial charge in [0.05, 0.1) is 10.1 Å². The third-order valence-corrected chi connectivity index (χ3v) is 11.5. The first-order valence-electron chi connectivity index (χ1n) is 19.3. The number of fused-ring (bicyclic) bond motifs is 1. The van der Waals surface area contributed by atoms with Crippen molar-refractivity contribution in [3.8, 4) is 0 Å². The molecule has 58 heavy (non-hydrogen) atoms. The van der Waals surface area contributed by atoms with E-state index in [1.54, 1.807) is 109 Å². The van der Waals surface area contributed by atoms with Crippen LogP contribution < -0.4 is 15.5 Å². The Hall–Kier alpha value is -5.70. The number of nitrogens with one attached hydrogen (secondary N) is 2. The van der Waals surface area contributed by atoms with Crippen LogP contribution in [0.1, 0.15) is 90.5 Å². The van der Waals surface area contributed by atoms with Gasteiger partial charge in [-0.3, -0.25) is 0 Å².